The van der Waals surface area contributed by atoms with Gasteiger partial charge in [-0.3, -0.25) is 4.79 Å². The standard InChI is InChI=1S/C23H20ClFO4/c1-2-11-3-5-13(28-16-6-4-12(24)9-15(16)25)10-14(11)19-22(26)20-17-7-8-18(29-17)21(20)23(19)27/h3-6,9-10,17-18,20-21,26H,2,7-8H2,1H3/t17?,18?,20-,21+/m0/s1. The topological polar surface area (TPSA) is 55.8 Å². The third kappa shape index (κ3) is 2.87. The maximum Gasteiger partial charge on any atom is 0.173 e. The summed E-state index contributed by atoms with van der Waals surface area (Å²) in [6.45, 7) is 1.99. The van der Waals surface area contributed by atoms with Crippen LogP contribution in [0.4, 0.5) is 4.39 Å². The van der Waals surface area contributed by atoms with Crippen molar-refractivity contribution in [2.75, 3.05) is 0 Å². The fourth-order valence-corrected chi connectivity index (χ4v) is 5.09. The SMILES string of the molecule is CCc1ccc(Oc2ccc(Cl)cc2F)cc1C1=C(O)[C@H]2C3CCC(O3)[C@H]2C1=O. The number of aliphatic hydroxyl groups is 1. The Morgan fingerprint density at radius 1 is 1.17 bits per heavy atom. The van der Waals surface area contributed by atoms with Crippen LogP contribution >= 0.6 is 11.6 Å². The van der Waals surface area contributed by atoms with E-state index < -0.39 is 5.82 Å². The second-order valence-electron chi connectivity index (χ2n) is 7.82. The second kappa shape index (κ2) is 6.85. The van der Waals surface area contributed by atoms with Crippen LogP contribution < -0.4 is 4.74 Å². The first kappa shape index (κ1) is 18.6. The maximum absolute atomic E-state index is 14.1. The molecular weight excluding hydrogens is 395 g/mol. The highest BCUT2D eigenvalue weighted by Gasteiger charge is 2.59. The minimum atomic E-state index is -0.569. The van der Waals surface area contributed by atoms with Gasteiger partial charge in [0.05, 0.1) is 29.6 Å². The highest BCUT2D eigenvalue weighted by Crippen LogP contribution is 2.54. The minimum absolute atomic E-state index is 0.0452. The second-order valence-corrected chi connectivity index (χ2v) is 8.25. The molecule has 4 nitrogen and oxygen atoms in total. The van der Waals surface area contributed by atoms with Gasteiger partial charge in [0.1, 0.15) is 11.5 Å². The lowest BCUT2D eigenvalue weighted by molar-refractivity contribution is -0.118. The van der Waals surface area contributed by atoms with Crippen LogP contribution in [0.2, 0.25) is 5.02 Å². The Labute approximate surface area is 172 Å². The minimum Gasteiger partial charge on any atom is -0.511 e. The Morgan fingerprint density at radius 2 is 1.93 bits per heavy atom. The summed E-state index contributed by atoms with van der Waals surface area (Å²) in [5.41, 5.74) is 1.94. The molecule has 29 heavy (non-hydrogen) atoms. The number of ketones is 1. The van der Waals surface area contributed by atoms with Crippen LogP contribution in [0.25, 0.3) is 5.57 Å². The zero-order valence-corrected chi connectivity index (χ0v) is 16.6. The van der Waals surface area contributed by atoms with E-state index in [1.165, 1.54) is 12.1 Å². The average molecular weight is 415 g/mol. The van der Waals surface area contributed by atoms with Crippen molar-refractivity contribution in [1.29, 1.82) is 0 Å². The number of benzene rings is 2. The predicted octanol–water partition coefficient (Wildman–Crippen LogP) is 5.48. The highest BCUT2D eigenvalue weighted by molar-refractivity contribution is 6.30. The highest BCUT2D eigenvalue weighted by atomic mass is 35.5. The van der Waals surface area contributed by atoms with Crippen molar-refractivity contribution in [1.82, 2.24) is 0 Å². The zero-order valence-electron chi connectivity index (χ0n) is 15.8. The Kier molecular flexibility index (Phi) is 4.41. The normalized spacial score (nSPS) is 27.6. The summed E-state index contributed by atoms with van der Waals surface area (Å²) in [5, 5.41) is 11.2. The lowest BCUT2D eigenvalue weighted by Gasteiger charge is -2.19. The van der Waals surface area contributed by atoms with Gasteiger partial charge in [0, 0.05) is 5.02 Å². The molecule has 0 spiro atoms. The molecule has 0 aromatic heterocycles. The summed E-state index contributed by atoms with van der Waals surface area (Å²) in [6, 6.07) is 9.49. The van der Waals surface area contributed by atoms with Crippen molar-refractivity contribution < 1.29 is 23.8 Å². The molecule has 5 rings (SSSR count). The summed E-state index contributed by atoms with van der Waals surface area (Å²) < 4.78 is 25.7. The van der Waals surface area contributed by atoms with Gasteiger partial charge in [0.25, 0.3) is 0 Å². The number of hydrogen-bond donors (Lipinski definition) is 1. The molecule has 1 aliphatic carbocycles. The summed E-state index contributed by atoms with van der Waals surface area (Å²) in [4.78, 5) is 13.2. The average Bonchev–Trinajstić information content (AvgIpc) is 3.38. The van der Waals surface area contributed by atoms with Gasteiger partial charge in [-0.1, -0.05) is 24.6 Å². The zero-order chi connectivity index (χ0) is 20.3. The number of fused-ring (bicyclic) bond motifs is 5. The van der Waals surface area contributed by atoms with Crippen LogP contribution in [-0.2, 0) is 16.0 Å². The molecule has 2 saturated heterocycles. The molecular formula is C23H20ClFO4. The quantitative estimate of drug-likeness (QED) is 0.719. The van der Waals surface area contributed by atoms with Gasteiger partial charge in [-0.2, -0.15) is 0 Å². The molecule has 2 bridgehead atoms. The van der Waals surface area contributed by atoms with Crippen LogP contribution in [0.1, 0.15) is 30.9 Å². The van der Waals surface area contributed by atoms with E-state index in [1.807, 2.05) is 13.0 Å². The van der Waals surface area contributed by atoms with E-state index in [-0.39, 0.29) is 46.4 Å². The number of carbonyl (C=O) groups excluding carboxylic acids is 1. The molecule has 0 amide bonds. The monoisotopic (exact) mass is 414 g/mol. The first-order chi connectivity index (χ1) is 14.0. The summed E-state index contributed by atoms with van der Waals surface area (Å²) in [6.07, 6.45) is 2.23. The number of halogens is 2. The van der Waals surface area contributed by atoms with Crippen molar-refractivity contribution in [3.63, 3.8) is 0 Å². The molecule has 4 atom stereocenters. The van der Waals surface area contributed by atoms with E-state index in [0.29, 0.717) is 23.3 Å². The predicted molar refractivity (Wildman–Crippen MR) is 107 cm³/mol. The van der Waals surface area contributed by atoms with E-state index >= 15 is 0 Å². The van der Waals surface area contributed by atoms with Crippen molar-refractivity contribution in [3.05, 3.63) is 64.1 Å². The van der Waals surface area contributed by atoms with E-state index in [1.54, 1.807) is 18.2 Å². The molecule has 1 N–H and O–H groups in total. The first-order valence-corrected chi connectivity index (χ1v) is 10.2. The van der Waals surface area contributed by atoms with E-state index in [2.05, 4.69) is 0 Å². The number of allylic oxidation sites excluding steroid dienone is 1. The fourth-order valence-electron chi connectivity index (χ4n) is 4.93. The molecule has 2 aromatic rings. The van der Waals surface area contributed by atoms with Crippen LogP contribution in [0.5, 0.6) is 11.5 Å². The molecule has 2 heterocycles. The molecule has 0 radical (unpaired) electrons. The van der Waals surface area contributed by atoms with Gasteiger partial charge in [0.15, 0.2) is 17.3 Å². The van der Waals surface area contributed by atoms with Crippen LogP contribution in [0, 0.1) is 17.7 Å². The fraction of sp³-hybridized carbons (Fsp3) is 0.348. The molecule has 150 valence electrons. The van der Waals surface area contributed by atoms with Crippen molar-refractivity contribution in [3.8, 4) is 11.5 Å². The Balaban J connectivity index is 1.54. The molecule has 2 aliphatic heterocycles. The summed E-state index contributed by atoms with van der Waals surface area (Å²) in [7, 11) is 0. The summed E-state index contributed by atoms with van der Waals surface area (Å²) in [5.74, 6) is -0.625. The van der Waals surface area contributed by atoms with Crippen LogP contribution in [0.3, 0.4) is 0 Å². The van der Waals surface area contributed by atoms with Gasteiger partial charge in [-0.15, -0.1) is 0 Å². The maximum atomic E-state index is 14.1. The van der Waals surface area contributed by atoms with Gasteiger partial charge >= 0.3 is 0 Å². The number of carbonyl (C=O) groups is 1. The van der Waals surface area contributed by atoms with Crippen LogP contribution in [-0.4, -0.2) is 23.1 Å². The molecule has 2 aromatic carbocycles. The Hall–Kier alpha value is -2.37. The number of aliphatic hydroxyl groups excluding tert-OH is 1. The first-order valence-electron chi connectivity index (χ1n) is 9.87. The number of ether oxygens (including phenoxy) is 2. The molecule has 3 aliphatic rings. The number of Topliss-reactive ketones (excluding diaryl/α,β-unsaturated/α-hetero) is 1. The molecule has 6 heteroatoms. The lowest BCUT2D eigenvalue weighted by atomic mass is 9.80. The number of aryl methyl sites for hydroxylation is 1. The third-order valence-corrected chi connectivity index (χ3v) is 6.48. The largest absolute Gasteiger partial charge is 0.511 e. The number of hydrogen-bond acceptors (Lipinski definition) is 4. The van der Waals surface area contributed by atoms with E-state index in [0.717, 1.165) is 18.4 Å². The molecule has 2 unspecified atom stereocenters. The van der Waals surface area contributed by atoms with E-state index in [9.17, 15) is 14.3 Å². The van der Waals surface area contributed by atoms with E-state index in [4.69, 9.17) is 21.1 Å². The molecule has 0 saturated carbocycles. The third-order valence-electron chi connectivity index (χ3n) is 6.25. The van der Waals surface area contributed by atoms with Gasteiger partial charge < -0.3 is 14.6 Å². The van der Waals surface area contributed by atoms with Crippen molar-refractivity contribution >= 4 is 23.0 Å². The lowest BCUT2D eigenvalue weighted by Crippen LogP contribution is -2.29. The van der Waals surface area contributed by atoms with Crippen molar-refractivity contribution in [2.24, 2.45) is 11.8 Å². The Morgan fingerprint density at radius 3 is 2.62 bits per heavy atom. The molecule has 2 fully saturated rings. The summed E-state index contributed by atoms with van der Waals surface area (Å²) >= 11 is 5.80. The van der Waals surface area contributed by atoms with Crippen molar-refractivity contribution in [2.45, 2.75) is 38.4 Å². The smallest absolute Gasteiger partial charge is 0.173 e. The number of rotatable bonds is 4. The van der Waals surface area contributed by atoms with Gasteiger partial charge in [-0.05, 0) is 60.7 Å². The van der Waals surface area contributed by atoms with Gasteiger partial charge in [-0.25, -0.2) is 4.39 Å². The van der Waals surface area contributed by atoms with Gasteiger partial charge in [0.2, 0.25) is 0 Å². The van der Waals surface area contributed by atoms with Crippen LogP contribution in [0.15, 0.2) is 42.2 Å². The Bertz CT molecular complexity index is 1050.